The number of halogens is 1. The van der Waals surface area contributed by atoms with Crippen LogP contribution in [0.15, 0.2) is 95.0 Å². The zero-order valence-corrected chi connectivity index (χ0v) is 23.1. The fourth-order valence-corrected chi connectivity index (χ4v) is 5.29. The van der Waals surface area contributed by atoms with Gasteiger partial charge < -0.3 is 9.73 Å². The number of carbonyl (C=O) groups is 2. The molecular weight excluding hydrogens is 580 g/mol. The number of oxazole rings is 1. The zero-order chi connectivity index (χ0) is 29.1. The average Bonchev–Trinajstić information content (AvgIpc) is 3.79. The van der Waals surface area contributed by atoms with Crippen molar-refractivity contribution in [3.05, 3.63) is 117 Å². The van der Waals surface area contributed by atoms with Gasteiger partial charge in [-0.3, -0.25) is 23.9 Å². The van der Waals surface area contributed by atoms with Crippen LogP contribution >= 0.6 is 22.9 Å². The molecule has 208 valence electrons. The molecule has 12 nitrogen and oxygen atoms in total. The Kier molecular flexibility index (Phi) is 7.49. The number of hydrogen-bond donors (Lipinski definition) is 1. The van der Waals surface area contributed by atoms with E-state index in [-0.39, 0.29) is 29.3 Å². The van der Waals surface area contributed by atoms with Gasteiger partial charge in [-0.2, -0.15) is 20.0 Å². The van der Waals surface area contributed by atoms with E-state index >= 15 is 0 Å². The Hall–Kier alpha value is -5.27. The standard InChI is InChI=1S/C28H19ClN8O4S/c29-24-6-4-18(42-24)13-32-25-11-21(35-37(25)28(40)23-14-30-16-41-23)27-19(20-3-1-2-9-31-20)5-7-26(39)36(27)15-22(38)17-8-10-33-34-12-17/h1-12,14,16,32H,13,15H2. The topological polar surface area (TPSA) is 151 Å². The van der Waals surface area contributed by atoms with E-state index in [1.165, 1.54) is 46.6 Å². The van der Waals surface area contributed by atoms with E-state index in [0.29, 0.717) is 33.7 Å². The van der Waals surface area contributed by atoms with Crippen molar-refractivity contribution in [3.63, 3.8) is 0 Å². The van der Waals surface area contributed by atoms with Gasteiger partial charge in [-0.1, -0.05) is 17.7 Å². The van der Waals surface area contributed by atoms with Crippen molar-refractivity contribution in [3.8, 4) is 22.6 Å². The first-order valence-electron chi connectivity index (χ1n) is 12.4. The number of rotatable bonds is 9. The molecule has 1 N–H and O–H groups in total. The van der Waals surface area contributed by atoms with Gasteiger partial charge in [0.2, 0.25) is 5.76 Å². The van der Waals surface area contributed by atoms with Gasteiger partial charge in [0, 0.05) is 34.3 Å². The number of Topliss-reactive ketones (excluding diaryl/α,β-unsaturated/α-hetero) is 1. The van der Waals surface area contributed by atoms with Crippen molar-refractivity contribution in [2.24, 2.45) is 0 Å². The largest absolute Gasteiger partial charge is 0.438 e. The maximum Gasteiger partial charge on any atom is 0.317 e. The van der Waals surface area contributed by atoms with E-state index in [4.69, 9.17) is 16.0 Å². The molecule has 0 unspecified atom stereocenters. The fraction of sp³-hybridized carbons (Fsp3) is 0.0714. The lowest BCUT2D eigenvalue weighted by Crippen LogP contribution is -2.26. The molecule has 6 heterocycles. The van der Waals surface area contributed by atoms with Crippen molar-refractivity contribution in [2.45, 2.75) is 13.1 Å². The summed E-state index contributed by atoms with van der Waals surface area (Å²) in [5.74, 6) is -0.678. The summed E-state index contributed by atoms with van der Waals surface area (Å²) >= 11 is 7.49. The second kappa shape index (κ2) is 11.7. The van der Waals surface area contributed by atoms with Gasteiger partial charge in [-0.15, -0.1) is 11.3 Å². The van der Waals surface area contributed by atoms with Crippen LogP contribution in [0.3, 0.4) is 0 Å². The predicted molar refractivity (Wildman–Crippen MR) is 154 cm³/mol. The highest BCUT2D eigenvalue weighted by Crippen LogP contribution is 2.32. The summed E-state index contributed by atoms with van der Waals surface area (Å²) in [4.78, 5) is 49.2. The Morgan fingerprint density at radius 3 is 2.62 bits per heavy atom. The Morgan fingerprint density at radius 1 is 1.00 bits per heavy atom. The van der Waals surface area contributed by atoms with Crippen molar-refractivity contribution in [1.82, 2.24) is 34.5 Å². The first kappa shape index (κ1) is 26.9. The molecule has 0 spiro atoms. The van der Waals surface area contributed by atoms with Crippen molar-refractivity contribution in [2.75, 3.05) is 5.32 Å². The van der Waals surface area contributed by atoms with Crippen LogP contribution in [-0.4, -0.2) is 46.2 Å². The number of anilines is 1. The lowest BCUT2D eigenvalue weighted by Gasteiger charge is -2.15. The van der Waals surface area contributed by atoms with Crippen LogP contribution in [0.25, 0.3) is 22.6 Å². The molecule has 0 radical (unpaired) electrons. The summed E-state index contributed by atoms with van der Waals surface area (Å²) in [6.07, 6.45) is 6.78. The Bertz CT molecular complexity index is 1940. The smallest absolute Gasteiger partial charge is 0.317 e. The molecule has 0 fully saturated rings. The Balaban J connectivity index is 1.51. The minimum atomic E-state index is -0.589. The number of nitrogens with one attached hydrogen (secondary N) is 1. The number of hydrogen-bond acceptors (Lipinski definition) is 11. The van der Waals surface area contributed by atoms with Crippen LogP contribution in [0, 0.1) is 0 Å². The molecule has 0 aliphatic carbocycles. The van der Waals surface area contributed by atoms with Crippen LogP contribution in [0.1, 0.15) is 25.8 Å². The number of nitrogens with zero attached hydrogens (tertiary/aromatic N) is 7. The second-order valence-electron chi connectivity index (χ2n) is 8.85. The third kappa shape index (κ3) is 5.50. The first-order valence-corrected chi connectivity index (χ1v) is 13.6. The highest BCUT2D eigenvalue weighted by atomic mass is 35.5. The van der Waals surface area contributed by atoms with Crippen LogP contribution in [-0.2, 0) is 13.1 Å². The molecule has 0 atom stereocenters. The third-order valence-corrected chi connectivity index (χ3v) is 7.42. The van der Waals surface area contributed by atoms with Gasteiger partial charge in [0.1, 0.15) is 11.5 Å². The molecule has 0 saturated heterocycles. The number of pyridine rings is 2. The molecule has 0 aliphatic heterocycles. The van der Waals surface area contributed by atoms with E-state index in [0.717, 1.165) is 16.0 Å². The lowest BCUT2D eigenvalue weighted by molar-refractivity contribution is 0.0918. The Morgan fingerprint density at radius 2 is 1.90 bits per heavy atom. The highest BCUT2D eigenvalue weighted by molar-refractivity contribution is 7.16. The summed E-state index contributed by atoms with van der Waals surface area (Å²) < 4.78 is 8.30. The van der Waals surface area contributed by atoms with Crippen molar-refractivity contribution < 1.29 is 14.0 Å². The maximum atomic E-state index is 13.4. The minimum Gasteiger partial charge on any atom is -0.438 e. The van der Waals surface area contributed by atoms with Gasteiger partial charge in [0.05, 0.1) is 47.4 Å². The van der Waals surface area contributed by atoms with Crippen molar-refractivity contribution >= 4 is 40.4 Å². The molecule has 6 rings (SSSR count). The van der Waals surface area contributed by atoms with E-state index in [1.54, 1.807) is 42.6 Å². The van der Waals surface area contributed by atoms with Gasteiger partial charge in [0.15, 0.2) is 12.2 Å². The summed E-state index contributed by atoms with van der Waals surface area (Å²) in [6.45, 7) is 0.0221. The Labute approximate surface area is 246 Å². The first-order chi connectivity index (χ1) is 20.5. The summed E-state index contributed by atoms with van der Waals surface area (Å²) in [7, 11) is 0. The normalized spacial score (nSPS) is 11.0. The summed E-state index contributed by atoms with van der Waals surface area (Å²) in [6, 6.07) is 15.1. The van der Waals surface area contributed by atoms with Gasteiger partial charge in [0.25, 0.3) is 5.56 Å². The maximum absolute atomic E-state index is 13.4. The molecule has 0 bridgehead atoms. The molecule has 0 saturated carbocycles. The molecule has 6 aromatic heterocycles. The lowest BCUT2D eigenvalue weighted by atomic mass is 10.1. The van der Waals surface area contributed by atoms with E-state index in [1.807, 2.05) is 6.07 Å². The summed E-state index contributed by atoms with van der Waals surface area (Å²) in [5, 5.41) is 15.3. The summed E-state index contributed by atoms with van der Waals surface area (Å²) in [5.41, 5.74) is 1.45. The SMILES string of the molecule is O=C(Cn1c(-c2cc(NCc3ccc(Cl)s3)n(C(=O)c3cnco3)n2)c(-c2ccccn2)ccc1=O)c1ccnnc1. The molecule has 14 heteroatoms. The van der Waals surface area contributed by atoms with Crippen LogP contribution < -0.4 is 10.9 Å². The zero-order valence-electron chi connectivity index (χ0n) is 21.5. The van der Waals surface area contributed by atoms with E-state index < -0.39 is 11.5 Å². The van der Waals surface area contributed by atoms with Crippen LogP contribution in [0.4, 0.5) is 5.82 Å². The number of thiophene rings is 1. The predicted octanol–water partition coefficient (Wildman–Crippen LogP) is 4.45. The monoisotopic (exact) mass is 598 g/mol. The van der Waals surface area contributed by atoms with E-state index in [2.05, 4.69) is 30.6 Å². The minimum absolute atomic E-state index is 0.0392. The quantitative estimate of drug-likeness (QED) is 0.236. The molecule has 0 aliphatic rings. The molecule has 0 aromatic carbocycles. The highest BCUT2D eigenvalue weighted by Gasteiger charge is 2.25. The van der Waals surface area contributed by atoms with E-state index in [9.17, 15) is 14.4 Å². The average molecular weight is 599 g/mol. The number of carbonyl (C=O) groups excluding carboxylic acids is 2. The third-order valence-electron chi connectivity index (χ3n) is 6.19. The molecule has 6 aromatic rings. The van der Waals surface area contributed by atoms with Gasteiger partial charge in [-0.25, -0.2) is 4.98 Å². The van der Waals surface area contributed by atoms with Crippen LogP contribution in [0.2, 0.25) is 4.34 Å². The van der Waals surface area contributed by atoms with Crippen molar-refractivity contribution in [1.29, 1.82) is 0 Å². The number of aromatic nitrogens is 7. The second-order valence-corrected chi connectivity index (χ2v) is 10.6. The number of ketones is 1. The van der Waals surface area contributed by atoms with Gasteiger partial charge >= 0.3 is 5.91 Å². The molecular formula is C28H19ClN8O4S. The van der Waals surface area contributed by atoms with Gasteiger partial charge in [-0.05, 0) is 36.4 Å². The van der Waals surface area contributed by atoms with Crippen LogP contribution in [0.5, 0.6) is 0 Å². The molecule has 42 heavy (non-hydrogen) atoms. The molecule has 0 amide bonds. The fourth-order valence-electron chi connectivity index (χ4n) is 4.26.